The van der Waals surface area contributed by atoms with Gasteiger partial charge in [0, 0.05) is 24.8 Å². The summed E-state index contributed by atoms with van der Waals surface area (Å²) < 4.78 is 32.5. The number of nitrogens with one attached hydrogen (secondary N) is 1. The van der Waals surface area contributed by atoms with Gasteiger partial charge in [0.15, 0.2) is 11.6 Å². The molecule has 1 N–H and O–H groups in total. The minimum atomic E-state index is -0.796. The molecule has 0 aliphatic carbocycles. The molecule has 1 unspecified atom stereocenters. The Morgan fingerprint density at radius 2 is 1.95 bits per heavy atom. The van der Waals surface area contributed by atoms with Crippen molar-refractivity contribution in [1.29, 1.82) is 0 Å². The highest BCUT2D eigenvalue weighted by molar-refractivity contribution is 5.22. The van der Waals surface area contributed by atoms with Crippen LogP contribution >= 0.6 is 0 Å². The number of rotatable bonds is 9. The minimum absolute atomic E-state index is 0.201. The average Bonchev–Trinajstić information content (AvgIpc) is 2.42. The van der Waals surface area contributed by atoms with Crippen LogP contribution < -0.4 is 5.32 Å². The smallest absolute Gasteiger partial charge is 0.163 e. The van der Waals surface area contributed by atoms with Crippen LogP contribution in [0.25, 0.3) is 0 Å². The van der Waals surface area contributed by atoms with Crippen molar-refractivity contribution in [3.63, 3.8) is 0 Å². The number of halogens is 2. The van der Waals surface area contributed by atoms with E-state index in [4.69, 9.17) is 4.74 Å². The molecule has 0 amide bonds. The standard InChI is InChI=1S/C15H23F2NO/c1-3-9-18-14(8-11-19-10-4-2)12-6-5-7-13(16)15(12)17/h5-7,14,18H,3-4,8-11H2,1-2H3. The van der Waals surface area contributed by atoms with Gasteiger partial charge in [0.25, 0.3) is 0 Å². The Labute approximate surface area is 114 Å². The highest BCUT2D eigenvalue weighted by atomic mass is 19.2. The first-order chi connectivity index (χ1) is 9.20. The minimum Gasteiger partial charge on any atom is -0.381 e. The van der Waals surface area contributed by atoms with Crippen molar-refractivity contribution in [3.8, 4) is 0 Å². The van der Waals surface area contributed by atoms with Crippen molar-refractivity contribution in [1.82, 2.24) is 5.32 Å². The van der Waals surface area contributed by atoms with Crippen molar-refractivity contribution in [2.24, 2.45) is 0 Å². The molecule has 1 rings (SSSR count). The first-order valence-electron chi connectivity index (χ1n) is 6.95. The molecular weight excluding hydrogens is 248 g/mol. The molecule has 19 heavy (non-hydrogen) atoms. The maximum absolute atomic E-state index is 13.8. The maximum Gasteiger partial charge on any atom is 0.163 e. The molecule has 0 aliphatic rings. The van der Waals surface area contributed by atoms with E-state index in [1.807, 2.05) is 13.8 Å². The zero-order valence-electron chi connectivity index (χ0n) is 11.7. The Bertz CT molecular complexity index is 371. The normalized spacial score (nSPS) is 12.6. The molecule has 4 heteroatoms. The van der Waals surface area contributed by atoms with Gasteiger partial charge in [-0.3, -0.25) is 0 Å². The Kier molecular flexibility index (Phi) is 7.60. The van der Waals surface area contributed by atoms with E-state index in [0.717, 1.165) is 25.5 Å². The van der Waals surface area contributed by atoms with Gasteiger partial charge in [0.2, 0.25) is 0 Å². The molecular formula is C15H23F2NO. The van der Waals surface area contributed by atoms with Crippen LogP contribution in [0.1, 0.15) is 44.7 Å². The molecule has 1 atom stereocenters. The van der Waals surface area contributed by atoms with Gasteiger partial charge in [-0.15, -0.1) is 0 Å². The fourth-order valence-corrected chi connectivity index (χ4v) is 1.92. The second kappa shape index (κ2) is 8.99. The van der Waals surface area contributed by atoms with Crippen molar-refractivity contribution >= 4 is 0 Å². The Hall–Kier alpha value is -1.00. The predicted octanol–water partition coefficient (Wildman–Crippen LogP) is 3.82. The quantitative estimate of drug-likeness (QED) is 0.689. The monoisotopic (exact) mass is 271 g/mol. The van der Waals surface area contributed by atoms with Gasteiger partial charge in [0.1, 0.15) is 0 Å². The van der Waals surface area contributed by atoms with Crippen LogP contribution in [0.15, 0.2) is 18.2 Å². The summed E-state index contributed by atoms with van der Waals surface area (Å²) in [6, 6.07) is 4.11. The third kappa shape index (κ3) is 5.25. The Balaban J connectivity index is 2.69. The molecule has 0 fully saturated rings. The zero-order chi connectivity index (χ0) is 14.1. The van der Waals surface area contributed by atoms with E-state index in [1.54, 1.807) is 12.1 Å². The van der Waals surface area contributed by atoms with Crippen LogP contribution in [0.2, 0.25) is 0 Å². The average molecular weight is 271 g/mol. The maximum atomic E-state index is 13.8. The number of benzene rings is 1. The fraction of sp³-hybridized carbons (Fsp3) is 0.600. The summed E-state index contributed by atoms with van der Waals surface area (Å²) in [6.07, 6.45) is 2.55. The van der Waals surface area contributed by atoms with Crippen molar-refractivity contribution < 1.29 is 13.5 Å². The summed E-state index contributed by atoms with van der Waals surface area (Å²) in [6.45, 7) is 6.10. The highest BCUT2D eigenvalue weighted by Crippen LogP contribution is 2.22. The summed E-state index contributed by atoms with van der Waals surface area (Å²) in [5, 5.41) is 3.24. The molecule has 0 aromatic heterocycles. The SMILES string of the molecule is CCCNC(CCOCCC)c1cccc(F)c1F. The predicted molar refractivity (Wildman–Crippen MR) is 73.1 cm³/mol. The molecule has 0 radical (unpaired) electrons. The van der Waals surface area contributed by atoms with Gasteiger partial charge in [0.05, 0.1) is 0 Å². The molecule has 0 aliphatic heterocycles. The van der Waals surface area contributed by atoms with Gasteiger partial charge in [-0.2, -0.15) is 0 Å². The molecule has 2 nitrogen and oxygen atoms in total. The van der Waals surface area contributed by atoms with E-state index >= 15 is 0 Å². The van der Waals surface area contributed by atoms with Crippen LogP contribution in [0.5, 0.6) is 0 Å². The Morgan fingerprint density at radius 3 is 2.63 bits per heavy atom. The third-order valence-corrected chi connectivity index (χ3v) is 2.90. The summed E-state index contributed by atoms with van der Waals surface area (Å²) in [5.74, 6) is -1.55. The van der Waals surface area contributed by atoms with E-state index in [-0.39, 0.29) is 6.04 Å². The topological polar surface area (TPSA) is 21.3 Å². The molecule has 1 aromatic rings. The van der Waals surface area contributed by atoms with Crippen LogP contribution in [0, 0.1) is 11.6 Å². The van der Waals surface area contributed by atoms with Gasteiger partial charge in [-0.05, 0) is 31.9 Å². The lowest BCUT2D eigenvalue weighted by Gasteiger charge is -2.19. The van der Waals surface area contributed by atoms with E-state index in [0.29, 0.717) is 25.2 Å². The van der Waals surface area contributed by atoms with E-state index in [1.165, 1.54) is 0 Å². The van der Waals surface area contributed by atoms with E-state index < -0.39 is 11.6 Å². The molecule has 108 valence electrons. The van der Waals surface area contributed by atoms with Crippen LogP contribution in [0.3, 0.4) is 0 Å². The third-order valence-electron chi connectivity index (χ3n) is 2.90. The summed E-state index contributed by atoms with van der Waals surface area (Å²) in [5.41, 5.74) is 0.383. The summed E-state index contributed by atoms with van der Waals surface area (Å²) in [7, 11) is 0. The molecule has 1 aromatic carbocycles. The second-order valence-corrected chi connectivity index (χ2v) is 4.55. The zero-order valence-corrected chi connectivity index (χ0v) is 11.7. The largest absolute Gasteiger partial charge is 0.381 e. The molecule has 0 saturated heterocycles. The van der Waals surface area contributed by atoms with Crippen LogP contribution in [0.4, 0.5) is 8.78 Å². The fourth-order valence-electron chi connectivity index (χ4n) is 1.92. The van der Waals surface area contributed by atoms with Gasteiger partial charge < -0.3 is 10.1 Å². The van der Waals surface area contributed by atoms with Crippen molar-refractivity contribution in [3.05, 3.63) is 35.4 Å². The van der Waals surface area contributed by atoms with Crippen LogP contribution in [-0.2, 0) is 4.74 Å². The molecule has 0 heterocycles. The molecule has 0 spiro atoms. The molecule has 0 saturated carbocycles. The number of hydrogen-bond donors (Lipinski definition) is 1. The van der Waals surface area contributed by atoms with Crippen molar-refractivity contribution in [2.45, 2.75) is 39.2 Å². The first-order valence-corrected chi connectivity index (χ1v) is 6.95. The van der Waals surface area contributed by atoms with E-state index in [2.05, 4.69) is 5.32 Å². The van der Waals surface area contributed by atoms with Gasteiger partial charge in [-0.1, -0.05) is 26.0 Å². The summed E-state index contributed by atoms with van der Waals surface area (Å²) in [4.78, 5) is 0. The van der Waals surface area contributed by atoms with Crippen molar-refractivity contribution in [2.75, 3.05) is 19.8 Å². The van der Waals surface area contributed by atoms with E-state index in [9.17, 15) is 8.78 Å². The summed E-state index contributed by atoms with van der Waals surface area (Å²) >= 11 is 0. The van der Waals surface area contributed by atoms with Gasteiger partial charge >= 0.3 is 0 Å². The second-order valence-electron chi connectivity index (χ2n) is 4.55. The number of ether oxygens (including phenoxy) is 1. The molecule has 0 bridgehead atoms. The van der Waals surface area contributed by atoms with Gasteiger partial charge in [-0.25, -0.2) is 8.78 Å². The van der Waals surface area contributed by atoms with Crippen LogP contribution in [-0.4, -0.2) is 19.8 Å². The number of hydrogen-bond acceptors (Lipinski definition) is 2. The Morgan fingerprint density at radius 1 is 1.16 bits per heavy atom. The lowest BCUT2D eigenvalue weighted by Crippen LogP contribution is -2.24. The lowest BCUT2D eigenvalue weighted by molar-refractivity contribution is 0.124. The first kappa shape index (κ1) is 16.1. The lowest BCUT2D eigenvalue weighted by atomic mass is 10.0. The highest BCUT2D eigenvalue weighted by Gasteiger charge is 2.17.